The molecule has 1 aliphatic rings. The number of hydrogen-bond donors (Lipinski definition) is 1. The number of halogens is 3. The Labute approximate surface area is 193 Å². The highest BCUT2D eigenvalue weighted by molar-refractivity contribution is 5.90. The normalized spacial score (nSPS) is 14.6. The van der Waals surface area contributed by atoms with Crippen molar-refractivity contribution in [1.29, 1.82) is 0 Å². The predicted octanol–water partition coefficient (Wildman–Crippen LogP) is 2.06. The van der Waals surface area contributed by atoms with Gasteiger partial charge in [0.1, 0.15) is 12.3 Å². The first kappa shape index (κ1) is 25.1. The lowest BCUT2D eigenvalue weighted by molar-refractivity contribution is -0.274. The maximum absolute atomic E-state index is 12.6. The van der Waals surface area contributed by atoms with Crippen molar-refractivity contribution in [2.75, 3.05) is 38.6 Å². The van der Waals surface area contributed by atoms with E-state index < -0.39 is 18.0 Å². The van der Waals surface area contributed by atoms with Crippen LogP contribution in [0, 0.1) is 0 Å². The summed E-state index contributed by atoms with van der Waals surface area (Å²) in [6, 6.07) is 6.18. The van der Waals surface area contributed by atoms with Gasteiger partial charge in [0.25, 0.3) is 0 Å². The number of benzene rings is 1. The lowest BCUT2D eigenvalue weighted by atomic mass is 10.2. The first-order valence-electron chi connectivity index (χ1n) is 10.4. The van der Waals surface area contributed by atoms with Crippen molar-refractivity contribution in [3.8, 4) is 11.5 Å². The number of nitrogens with one attached hydrogen (secondary N) is 1. The Hall–Kier alpha value is -3.54. The van der Waals surface area contributed by atoms with Crippen molar-refractivity contribution in [2.24, 2.45) is 0 Å². The van der Waals surface area contributed by atoms with Gasteiger partial charge < -0.3 is 24.3 Å². The van der Waals surface area contributed by atoms with Crippen LogP contribution in [0.15, 0.2) is 41.3 Å². The summed E-state index contributed by atoms with van der Waals surface area (Å²) in [6.07, 6.45) is -3.35. The highest BCUT2D eigenvalue weighted by atomic mass is 19.4. The van der Waals surface area contributed by atoms with Crippen LogP contribution in [0.5, 0.6) is 11.5 Å². The molecule has 1 aromatic carbocycles. The fraction of sp³-hybridized carbons (Fsp3) is 0.409. The first-order valence-corrected chi connectivity index (χ1v) is 10.4. The summed E-state index contributed by atoms with van der Waals surface area (Å²) in [6.45, 7) is 4.15. The molecule has 1 aromatic heterocycles. The fourth-order valence-electron chi connectivity index (χ4n) is 3.58. The van der Waals surface area contributed by atoms with Gasteiger partial charge in [-0.2, -0.15) is 0 Å². The lowest BCUT2D eigenvalue weighted by Gasteiger charge is -2.34. The minimum atomic E-state index is -4.80. The molecule has 1 fully saturated rings. The number of pyridine rings is 1. The van der Waals surface area contributed by atoms with E-state index in [1.54, 1.807) is 9.47 Å². The molecule has 34 heavy (non-hydrogen) atoms. The summed E-state index contributed by atoms with van der Waals surface area (Å²) >= 11 is 0. The Kier molecular flexibility index (Phi) is 7.82. The number of alkyl halides is 3. The van der Waals surface area contributed by atoms with Gasteiger partial charge in [0.05, 0.1) is 13.3 Å². The van der Waals surface area contributed by atoms with Gasteiger partial charge in [-0.25, -0.2) is 0 Å². The molecule has 0 atom stereocenters. The average molecular weight is 482 g/mol. The van der Waals surface area contributed by atoms with Gasteiger partial charge >= 0.3 is 6.36 Å². The van der Waals surface area contributed by atoms with Crippen LogP contribution in [0.1, 0.15) is 12.6 Å². The topological polar surface area (TPSA) is 93.1 Å². The van der Waals surface area contributed by atoms with E-state index >= 15 is 0 Å². The number of rotatable bonds is 7. The van der Waals surface area contributed by atoms with Gasteiger partial charge in [0, 0.05) is 57.1 Å². The summed E-state index contributed by atoms with van der Waals surface area (Å²) in [5.74, 6) is -0.761. The van der Waals surface area contributed by atoms with Gasteiger partial charge in [0.2, 0.25) is 17.2 Å². The number of piperazine rings is 1. The summed E-state index contributed by atoms with van der Waals surface area (Å²) in [4.78, 5) is 40.3. The maximum Gasteiger partial charge on any atom is 0.573 e. The number of nitrogens with zero attached hydrogens (tertiary/aromatic N) is 3. The van der Waals surface area contributed by atoms with Crippen LogP contribution in [-0.2, 0) is 22.7 Å². The molecule has 0 spiro atoms. The smallest absolute Gasteiger partial charge is 0.491 e. The summed E-state index contributed by atoms with van der Waals surface area (Å²) in [5.41, 5.74) is 0.553. The molecule has 0 radical (unpaired) electrons. The minimum absolute atomic E-state index is 0.00989. The standard InChI is InChI=1S/C22H25F3N4O5/c1-15(30)28-9-7-27(8-10-28)12-17-11-19(31)20(33-2)13-29(17)14-21(32)26-16-3-5-18(6-4-16)34-22(23,24)25/h3-6,11,13H,7-10,12,14H2,1-2H3,(H,26,32). The van der Waals surface area contributed by atoms with Crippen LogP contribution in [0.25, 0.3) is 0 Å². The predicted molar refractivity (Wildman–Crippen MR) is 117 cm³/mol. The van der Waals surface area contributed by atoms with Gasteiger partial charge in [-0.15, -0.1) is 13.2 Å². The Morgan fingerprint density at radius 2 is 1.74 bits per heavy atom. The number of amides is 2. The molecular formula is C22H25F3N4O5. The summed E-state index contributed by atoms with van der Waals surface area (Å²) < 4.78 is 47.4. The highest BCUT2D eigenvalue weighted by Gasteiger charge is 2.31. The van der Waals surface area contributed by atoms with E-state index in [4.69, 9.17) is 4.74 Å². The molecule has 12 heteroatoms. The quantitative estimate of drug-likeness (QED) is 0.650. The van der Waals surface area contributed by atoms with Crippen LogP contribution in [0.4, 0.5) is 18.9 Å². The zero-order valence-corrected chi connectivity index (χ0v) is 18.7. The molecule has 0 saturated carbocycles. The zero-order valence-electron chi connectivity index (χ0n) is 18.7. The Bertz CT molecular complexity index is 1080. The molecule has 3 rings (SSSR count). The van der Waals surface area contributed by atoms with Crippen molar-refractivity contribution >= 4 is 17.5 Å². The monoisotopic (exact) mass is 482 g/mol. The maximum atomic E-state index is 12.6. The molecule has 1 aliphatic heterocycles. The third-order valence-electron chi connectivity index (χ3n) is 5.29. The van der Waals surface area contributed by atoms with E-state index in [2.05, 4.69) is 15.0 Å². The molecule has 0 bridgehead atoms. The number of methoxy groups -OCH3 is 1. The Balaban J connectivity index is 1.69. The third-order valence-corrected chi connectivity index (χ3v) is 5.29. The van der Waals surface area contributed by atoms with Gasteiger partial charge in [-0.1, -0.05) is 0 Å². The number of ether oxygens (including phenoxy) is 2. The molecule has 2 heterocycles. The van der Waals surface area contributed by atoms with E-state index in [1.807, 2.05) is 0 Å². The molecule has 2 aromatic rings. The number of carbonyl (C=O) groups excluding carboxylic acids is 2. The largest absolute Gasteiger partial charge is 0.573 e. The van der Waals surface area contributed by atoms with Crippen molar-refractivity contribution in [1.82, 2.24) is 14.4 Å². The van der Waals surface area contributed by atoms with Crippen molar-refractivity contribution in [3.05, 3.63) is 52.4 Å². The second kappa shape index (κ2) is 10.6. The minimum Gasteiger partial charge on any atom is -0.491 e. The Morgan fingerprint density at radius 3 is 2.29 bits per heavy atom. The lowest BCUT2D eigenvalue weighted by Crippen LogP contribution is -2.47. The van der Waals surface area contributed by atoms with Crippen LogP contribution in [0.3, 0.4) is 0 Å². The van der Waals surface area contributed by atoms with E-state index in [0.717, 1.165) is 12.1 Å². The van der Waals surface area contributed by atoms with E-state index in [0.29, 0.717) is 38.4 Å². The third kappa shape index (κ3) is 6.98. The molecule has 1 saturated heterocycles. The summed E-state index contributed by atoms with van der Waals surface area (Å²) in [7, 11) is 1.35. The summed E-state index contributed by atoms with van der Waals surface area (Å²) in [5, 5.41) is 2.61. The fourth-order valence-corrected chi connectivity index (χ4v) is 3.58. The second-order valence-corrected chi connectivity index (χ2v) is 7.73. The van der Waals surface area contributed by atoms with Crippen LogP contribution in [-0.4, -0.2) is 65.8 Å². The molecule has 2 amide bonds. The molecule has 1 N–H and O–H groups in total. The van der Waals surface area contributed by atoms with Gasteiger partial charge in [-0.05, 0) is 24.3 Å². The Morgan fingerprint density at radius 1 is 1.09 bits per heavy atom. The molecule has 0 unspecified atom stereocenters. The van der Waals surface area contributed by atoms with E-state index in [9.17, 15) is 27.6 Å². The van der Waals surface area contributed by atoms with Gasteiger partial charge in [0.15, 0.2) is 5.75 Å². The van der Waals surface area contributed by atoms with Crippen LogP contribution in [0.2, 0.25) is 0 Å². The van der Waals surface area contributed by atoms with E-state index in [-0.39, 0.29) is 29.3 Å². The average Bonchev–Trinajstić information content (AvgIpc) is 2.76. The number of carbonyl (C=O) groups is 2. The first-order chi connectivity index (χ1) is 16.0. The molecule has 0 aliphatic carbocycles. The number of hydrogen-bond acceptors (Lipinski definition) is 6. The second-order valence-electron chi connectivity index (χ2n) is 7.73. The highest BCUT2D eigenvalue weighted by Crippen LogP contribution is 2.24. The van der Waals surface area contributed by atoms with Crippen molar-refractivity contribution < 1.29 is 32.2 Å². The van der Waals surface area contributed by atoms with Crippen LogP contribution >= 0.6 is 0 Å². The molecule has 9 nitrogen and oxygen atoms in total. The molecule has 184 valence electrons. The number of aromatic nitrogens is 1. The van der Waals surface area contributed by atoms with Crippen LogP contribution < -0.4 is 20.2 Å². The van der Waals surface area contributed by atoms with Gasteiger partial charge in [-0.3, -0.25) is 19.3 Å². The van der Waals surface area contributed by atoms with E-state index in [1.165, 1.54) is 38.4 Å². The SMILES string of the molecule is COc1cn(CC(=O)Nc2ccc(OC(F)(F)F)cc2)c(CN2CCN(C(C)=O)CC2)cc1=O. The molecular weight excluding hydrogens is 457 g/mol. The van der Waals surface area contributed by atoms with Crippen molar-refractivity contribution in [2.45, 2.75) is 26.4 Å². The number of anilines is 1. The zero-order chi connectivity index (χ0) is 24.9. The van der Waals surface area contributed by atoms with Crippen molar-refractivity contribution in [3.63, 3.8) is 0 Å².